The third-order valence-corrected chi connectivity index (χ3v) is 4.19. The molecule has 1 saturated heterocycles. The molecule has 8 heteroatoms. The van der Waals surface area contributed by atoms with Gasteiger partial charge >= 0.3 is 0 Å². The lowest BCUT2D eigenvalue weighted by Crippen LogP contribution is -2.51. The summed E-state index contributed by atoms with van der Waals surface area (Å²) in [5.74, 6) is 1.13. The summed E-state index contributed by atoms with van der Waals surface area (Å²) in [6, 6.07) is 2.93. The molecule has 7 nitrogen and oxygen atoms in total. The number of aliphatic imine (C=N–C) groups is 1. The SMILES string of the molecule is CN=C(NCc1cc(F)cc2c1OCOC2)N1CCOC(COC)C1. The number of morpholine rings is 1. The summed E-state index contributed by atoms with van der Waals surface area (Å²) in [5, 5.41) is 3.29. The number of hydrogen-bond acceptors (Lipinski definition) is 5. The Labute approximate surface area is 146 Å². The maximum absolute atomic E-state index is 13.8. The van der Waals surface area contributed by atoms with Crippen molar-refractivity contribution in [2.24, 2.45) is 4.99 Å². The minimum absolute atomic E-state index is 0.0136. The Bertz CT molecular complexity index is 624. The van der Waals surface area contributed by atoms with Crippen molar-refractivity contribution in [3.63, 3.8) is 0 Å². The van der Waals surface area contributed by atoms with Gasteiger partial charge in [-0.2, -0.15) is 0 Å². The average Bonchev–Trinajstić information content (AvgIpc) is 2.62. The van der Waals surface area contributed by atoms with Gasteiger partial charge in [0.15, 0.2) is 12.8 Å². The highest BCUT2D eigenvalue weighted by Gasteiger charge is 2.23. The fraction of sp³-hybridized carbons (Fsp3) is 0.588. The Morgan fingerprint density at radius 2 is 2.36 bits per heavy atom. The normalized spacial score (nSPS) is 20.8. The van der Waals surface area contributed by atoms with Gasteiger partial charge in [-0.3, -0.25) is 4.99 Å². The van der Waals surface area contributed by atoms with Gasteiger partial charge in [-0.1, -0.05) is 0 Å². The number of benzene rings is 1. The number of fused-ring (bicyclic) bond motifs is 1. The summed E-state index contributed by atoms with van der Waals surface area (Å²) >= 11 is 0. The van der Waals surface area contributed by atoms with Crippen LogP contribution in [0.5, 0.6) is 5.75 Å². The van der Waals surface area contributed by atoms with Crippen LogP contribution in [0, 0.1) is 5.82 Å². The lowest BCUT2D eigenvalue weighted by Gasteiger charge is -2.35. The summed E-state index contributed by atoms with van der Waals surface area (Å²) in [5.41, 5.74) is 1.48. The van der Waals surface area contributed by atoms with Crippen molar-refractivity contribution in [1.82, 2.24) is 10.2 Å². The van der Waals surface area contributed by atoms with Crippen LogP contribution in [0.15, 0.2) is 17.1 Å². The van der Waals surface area contributed by atoms with Gasteiger partial charge in [-0.25, -0.2) is 4.39 Å². The first-order valence-corrected chi connectivity index (χ1v) is 8.29. The van der Waals surface area contributed by atoms with Crippen molar-refractivity contribution in [1.29, 1.82) is 0 Å². The molecular formula is C17H24FN3O4. The van der Waals surface area contributed by atoms with Crippen LogP contribution in [0.1, 0.15) is 11.1 Å². The van der Waals surface area contributed by atoms with E-state index in [9.17, 15) is 4.39 Å². The molecule has 1 N–H and O–H groups in total. The maximum Gasteiger partial charge on any atom is 0.194 e. The molecular weight excluding hydrogens is 329 g/mol. The molecule has 138 valence electrons. The van der Waals surface area contributed by atoms with E-state index in [4.69, 9.17) is 18.9 Å². The van der Waals surface area contributed by atoms with E-state index in [0.717, 1.165) is 23.6 Å². The zero-order valence-corrected chi connectivity index (χ0v) is 14.6. The minimum atomic E-state index is -0.300. The van der Waals surface area contributed by atoms with E-state index in [0.29, 0.717) is 38.7 Å². The highest BCUT2D eigenvalue weighted by atomic mass is 19.1. The molecule has 2 aliphatic rings. The van der Waals surface area contributed by atoms with Gasteiger partial charge in [0, 0.05) is 44.9 Å². The van der Waals surface area contributed by atoms with Crippen molar-refractivity contribution in [2.75, 3.05) is 47.3 Å². The van der Waals surface area contributed by atoms with Crippen molar-refractivity contribution < 1.29 is 23.3 Å². The van der Waals surface area contributed by atoms with Crippen LogP contribution >= 0.6 is 0 Å². The topological polar surface area (TPSA) is 64.6 Å². The summed E-state index contributed by atoms with van der Waals surface area (Å²) < 4.78 is 35.4. The van der Waals surface area contributed by atoms with Crippen LogP contribution in [0.25, 0.3) is 0 Å². The van der Waals surface area contributed by atoms with Crippen molar-refractivity contribution in [2.45, 2.75) is 19.3 Å². The lowest BCUT2D eigenvalue weighted by molar-refractivity contribution is -0.0447. The number of rotatable bonds is 4. The number of guanidine groups is 1. The molecule has 1 atom stereocenters. The highest BCUT2D eigenvalue weighted by molar-refractivity contribution is 5.80. The third kappa shape index (κ3) is 4.39. The van der Waals surface area contributed by atoms with Crippen molar-refractivity contribution in [3.8, 4) is 5.75 Å². The standard InChI is InChI=1S/C17H24FN3O4/c1-19-17(21-3-4-24-15(8-21)10-22-2)20-7-12-5-14(18)6-13-9-23-11-25-16(12)13/h5-6,15H,3-4,7-11H2,1-2H3,(H,19,20). The molecule has 0 saturated carbocycles. The number of nitrogens with zero attached hydrogens (tertiary/aromatic N) is 2. The van der Waals surface area contributed by atoms with Gasteiger partial charge < -0.3 is 29.2 Å². The van der Waals surface area contributed by atoms with Crippen molar-refractivity contribution >= 4 is 5.96 Å². The zero-order valence-electron chi connectivity index (χ0n) is 14.6. The van der Waals surface area contributed by atoms with E-state index >= 15 is 0 Å². The van der Waals surface area contributed by atoms with Gasteiger partial charge in [0.05, 0.1) is 25.9 Å². The first kappa shape index (κ1) is 17.9. The van der Waals surface area contributed by atoms with E-state index in [1.807, 2.05) is 0 Å². The van der Waals surface area contributed by atoms with Crippen LogP contribution in [-0.4, -0.2) is 64.2 Å². The Balaban J connectivity index is 1.66. The summed E-state index contributed by atoms with van der Waals surface area (Å²) in [6.45, 7) is 3.55. The molecule has 0 bridgehead atoms. The van der Waals surface area contributed by atoms with Crippen LogP contribution < -0.4 is 10.1 Å². The second-order valence-electron chi connectivity index (χ2n) is 5.96. The zero-order chi connectivity index (χ0) is 17.6. The molecule has 3 rings (SSSR count). The third-order valence-electron chi connectivity index (χ3n) is 4.19. The van der Waals surface area contributed by atoms with Crippen LogP contribution in [0.4, 0.5) is 4.39 Å². The smallest absolute Gasteiger partial charge is 0.194 e. The Hall–Kier alpha value is -1.90. The predicted octanol–water partition coefficient (Wildman–Crippen LogP) is 1.11. The number of methoxy groups -OCH3 is 1. The average molecular weight is 353 g/mol. The summed E-state index contributed by atoms with van der Waals surface area (Å²) in [7, 11) is 3.39. The molecule has 25 heavy (non-hydrogen) atoms. The predicted molar refractivity (Wildman–Crippen MR) is 90.1 cm³/mol. The largest absolute Gasteiger partial charge is 0.467 e. The molecule has 0 aromatic heterocycles. The van der Waals surface area contributed by atoms with E-state index in [2.05, 4.69) is 15.2 Å². The van der Waals surface area contributed by atoms with Gasteiger partial charge in [0.25, 0.3) is 0 Å². The Morgan fingerprint density at radius 3 is 3.16 bits per heavy atom. The van der Waals surface area contributed by atoms with Crippen LogP contribution in [0.2, 0.25) is 0 Å². The molecule has 0 spiro atoms. The van der Waals surface area contributed by atoms with E-state index in [-0.39, 0.29) is 18.7 Å². The Kier molecular flexibility index (Phi) is 6.06. The second-order valence-corrected chi connectivity index (χ2v) is 5.96. The molecule has 1 fully saturated rings. The van der Waals surface area contributed by atoms with Crippen LogP contribution in [0.3, 0.4) is 0 Å². The number of halogens is 1. The quantitative estimate of drug-likeness (QED) is 0.646. The molecule has 2 heterocycles. The van der Waals surface area contributed by atoms with Gasteiger partial charge in [0.2, 0.25) is 0 Å². The highest BCUT2D eigenvalue weighted by Crippen LogP contribution is 2.29. The van der Waals surface area contributed by atoms with E-state index in [1.54, 1.807) is 14.2 Å². The van der Waals surface area contributed by atoms with E-state index in [1.165, 1.54) is 12.1 Å². The van der Waals surface area contributed by atoms with E-state index < -0.39 is 0 Å². The first-order valence-electron chi connectivity index (χ1n) is 8.29. The molecule has 1 aromatic rings. The molecule has 1 unspecified atom stereocenters. The monoisotopic (exact) mass is 353 g/mol. The molecule has 0 radical (unpaired) electrons. The molecule has 0 aliphatic carbocycles. The number of hydrogen-bond donors (Lipinski definition) is 1. The summed E-state index contributed by atoms with van der Waals surface area (Å²) in [4.78, 5) is 6.45. The van der Waals surface area contributed by atoms with Gasteiger partial charge in [-0.05, 0) is 12.1 Å². The fourth-order valence-electron chi connectivity index (χ4n) is 3.09. The molecule has 0 amide bonds. The second kappa shape index (κ2) is 8.46. The molecule has 2 aliphatic heterocycles. The van der Waals surface area contributed by atoms with Crippen LogP contribution in [-0.2, 0) is 27.4 Å². The Morgan fingerprint density at radius 1 is 1.48 bits per heavy atom. The lowest BCUT2D eigenvalue weighted by atomic mass is 10.1. The summed E-state index contributed by atoms with van der Waals surface area (Å²) in [6.07, 6.45) is 0.0136. The number of ether oxygens (including phenoxy) is 4. The fourth-order valence-corrected chi connectivity index (χ4v) is 3.09. The minimum Gasteiger partial charge on any atom is -0.467 e. The maximum atomic E-state index is 13.8. The first-order chi connectivity index (χ1) is 12.2. The molecule has 1 aromatic carbocycles. The van der Waals surface area contributed by atoms with Gasteiger partial charge in [-0.15, -0.1) is 0 Å². The number of nitrogens with one attached hydrogen (secondary N) is 1. The van der Waals surface area contributed by atoms with Gasteiger partial charge in [0.1, 0.15) is 11.6 Å². The van der Waals surface area contributed by atoms with Crippen molar-refractivity contribution in [3.05, 3.63) is 29.1 Å².